The first kappa shape index (κ1) is 11.6. The van der Waals surface area contributed by atoms with Gasteiger partial charge in [-0.15, -0.1) is 0 Å². The quantitative estimate of drug-likeness (QED) is 0.729. The zero-order valence-corrected chi connectivity index (χ0v) is 11.9. The highest BCUT2D eigenvalue weighted by Gasteiger charge is 2.49. The van der Waals surface area contributed by atoms with Crippen molar-refractivity contribution < 1.29 is 0 Å². The SMILES string of the molecule is CN(/C(C#N)=C/Br)C1C2CC3CC(C2)CC1C3. The zero-order valence-electron chi connectivity index (χ0n) is 10.3. The summed E-state index contributed by atoms with van der Waals surface area (Å²) in [5, 5.41) is 9.16. The van der Waals surface area contributed by atoms with E-state index in [9.17, 15) is 0 Å². The van der Waals surface area contributed by atoms with Gasteiger partial charge in [-0.05, 0) is 55.8 Å². The number of nitriles is 1. The maximum Gasteiger partial charge on any atom is 0.123 e. The molecule has 4 aliphatic carbocycles. The lowest BCUT2D eigenvalue weighted by Gasteiger charge is -2.56. The third kappa shape index (κ3) is 1.81. The topological polar surface area (TPSA) is 27.0 Å². The Morgan fingerprint density at radius 2 is 1.71 bits per heavy atom. The van der Waals surface area contributed by atoms with Crippen molar-refractivity contribution in [1.29, 1.82) is 5.26 Å². The van der Waals surface area contributed by atoms with Crippen LogP contribution >= 0.6 is 15.9 Å². The third-order valence-electron chi connectivity index (χ3n) is 5.22. The molecule has 3 heteroatoms. The van der Waals surface area contributed by atoms with Crippen LogP contribution in [0.25, 0.3) is 0 Å². The van der Waals surface area contributed by atoms with Crippen LogP contribution in [0.1, 0.15) is 32.1 Å². The van der Waals surface area contributed by atoms with Gasteiger partial charge in [-0.3, -0.25) is 0 Å². The van der Waals surface area contributed by atoms with Crippen LogP contribution in [0, 0.1) is 35.0 Å². The van der Waals surface area contributed by atoms with Crippen molar-refractivity contribution in [2.24, 2.45) is 23.7 Å². The summed E-state index contributed by atoms with van der Waals surface area (Å²) in [6, 6.07) is 2.92. The van der Waals surface area contributed by atoms with Gasteiger partial charge < -0.3 is 4.90 Å². The molecule has 17 heavy (non-hydrogen) atoms. The Morgan fingerprint density at radius 3 is 2.12 bits per heavy atom. The lowest BCUT2D eigenvalue weighted by Crippen LogP contribution is -2.54. The second kappa shape index (κ2) is 4.31. The second-order valence-electron chi connectivity index (χ2n) is 6.14. The molecule has 0 spiro atoms. The Labute approximate surface area is 112 Å². The fraction of sp³-hybridized carbons (Fsp3) is 0.786. The molecule has 0 radical (unpaired) electrons. The molecule has 4 fully saturated rings. The van der Waals surface area contributed by atoms with Crippen LogP contribution in [0.2, 0.25) is 0 Å². The van der Waals surface area contributed by atoms with E-state index in [1.165, 1.54) is 32.1 Å². The van der Waals surface area contributed by atoms with Crippen molar-refractivity contribution in [3.8, 4) is 6.07 Å². The fourth-order valence-electron chi connectivity index (χ4n) is 4.87. The van der Waals surface area contributed by atoms with E-state index in [1.54, 1.807) is 4.99 Å². The predicted molar refractivity (Wildman–Crippen MR) is 71.2 cm³/mol. The van der Waals surface area contributed by atoms with Gasteiger partial charge in [0.2, 0.25) is 0 Å². The van der Waals surface area contributed by atoms with Crippen LogP contribution in [0.5, 0.6) is 0 Å². The maximum absolute atomic E-state index is 9.16. The molecule has 0 amide bonds. The van der Waals surface area contributed by atoms with E-state index in [2.05, 4.69) is 33.9 Å². The Morgan fingerprint density at radius 1 is 1.18 bits per heavy atom. The smallest absolute Gasteiger partial charge is 0.123 e. The molecular formula is C14H19BrN2. The summed E-state index contributed by atoms with van der Waals surface area (Å²) in [5.41, 5.74) is 0.780. The third-order valence-corrected chi connectivity index (χ3v) is 5.66. The summed E-state index contributed by atoms with van der Waals surface area (Å²) in [7, 11) is 2.10. The number of halogens is 1. The molecule has 0 aromatic carbocycles. The van der Waals surface area contributed by atoms with Crippen molar-refractivity contribution >= 4 is 15.9 Å². The number of allylic oxidation sites excluding steroid dienone is 1. The summed E-state index contributed by atoms with van der Waals surface area (Å²) in [6.07, 6.45) is 7.11. The molecule has 4 bridgehead atoms. The Kier molecular flexibility index (Phi) is 2.94. The molecule has 0 N–H and O–H groups in total. The molecule has 0 atom stereocenters. The molecule has 4 aliphatic rings. The molecule has 0 aliphatic heterocycles. The molecule has 92 valence electrons. The van der Waals surface area contributed by atoms with Gasteiger partial charge in [0.05, 0.1) is 0 Å². The van der Waals surface area contributed by atoms with Crippen molar-refractivity contribution in [2.75, 3.05) is 7.05 Å². The summed E-state index contributed by atoms with van der Waals surface area (Å²) >= 11 is 3.32. The van der Waals surface area contributed by atoms with Gasteiger partial charge in [0.15, 0.2) is 0 Å². The molecule has 0 saturated heterocycles. The van der Waals surface area contributed by atoms with Crippen LogP contribution in [0.4, 0.5) is 0 Å². The Balaban J connectivity index is 1.82. The average molecular weight is 295 g/mol. The average Bonchev–Trinajstić information content (AvgIpc) is 2.29. The first-order chi connectivity index (χ1) is 8.22. The molecule has 0 heterocycles. The van der Waals surface area contributed by atoms with Crippen LogP contribution in [0.3, 0.4) is 0 Å². The van der Waals surface area contributed by atoms with E-state index >= 15 is 0 Å². The minimum Gasteiger partial charge on any atom is -0.362 e. The van der Waals surface area contributed by atoms with E-state index < -0.39 is 0 Å². The van der Waals surface area contributed by atoms with Gasteiger partial charge in [-0.1, -0.05) is 15.9 Å². The standard InChI is InChI=1S/C14H19BrN2/c1-17(13(7-15)8-16)14-11-3-9-2-10(5-11)6-12(14)4-9/h7,9-12,14H,2-6H2,1H3/b13-7+. The summed E-state index contributed by atoms with van der Waals surface area (Å²) in [6.45, 7) is 0. The van der Waals surface area contributed by atoms with Crippen molar-refractivity contribution in [2.45, 2.75) is 38.1 Å². The minimum absolute atomic E-state index is 0.617. The largest absolute Gasteiger partial charge is 0.362 e. The van der Waals surface area contributed by atoms with Crippen LogP contribution < -0.4 is 0 Å². The number of hydrogen-bond donors (Lipinski definition) is 0. The van der Waals surface area contributed by atoms with E-state index in [0.717, 1.165) is 29.4 Å². The van der Waals surface area contributed by atoms with Gasteiger partial charge in [0.1, 0.15) is 11.8 Å². The first-order valence-corrected chi connectivity index (χ1v) is 7.57. The zero-order chi connectivity index (χ0) is 12.0. The lowest BCUT2D eigenvalue weighted by atomic mass is 9.54. The van der Waals surface area contributed by atoms with Crippen molar-refractivity contribution in [3.05, 3.63) is 10.7 Å². The van der Waals surface area contributed by atoms with Gasteiger partial charge in [-0.25, -0.2) is 0 Å². The molecule has 4 saturated carbocycles. The van der Waals surface area contributed by atoms with Crippen LogP contribution in [-0.2, 0) is 0 Å². The molecule has 0 aromatic rings. The Hall–Kier alpha value is -0.490. The van der Waals surface area contributed by atoms with Gasteiger partial charge >= 0.3 is 0 Å². The minimum atomic E-state index is 0.617. The van der Waals surface area contributed by atoms with E-state index in [4.69, 9.17) is 5.26 Å². The van der Waals surface area contributed by atoms with Gasteiger partial charge in [-0.2, -0.15) is 5.26 Å². The highest BCUT2D eigenvalue weighted by atomic mass is 79.9. The normalized spacial score (nSPS) is 43.6. The highest BCUT2D eigenvalue weighted by molar-refractivity contribution is 9.11. The monoisotopic (exact) mass is 294 g/mol. The molecule has 0 aromatic heterocycles. The van der Waals surface area contributed by atoms with Gasteiger partial charge in [0, 0.05) is 18.1 Å². The lowest BCUT2D eigenvalue weighted by molar-refractivity contribution is -0.0464. The summed E-state index contributed by atoms with van der Waals surface area (Å²) in [4.78, 5) is 4.01. The number of rotatable bonds is 2. The van der Waals surface area contributed by atoms with Crippen LogP contribution in [0.15, 0.2) is 10.7 Å². The summed E-state index contributed by atoms with van der Waals surface area (Å²) < 4.78 is 0. The fourth-order valence-corrected chi connectivity index (χ4v) is 5.30. The molecule has 2 nitrogen and oxygen atoms in total. The first-order valence-electron chi connectivity index (χ1n) is 6.66. The van der Waals surface area contributed by atoms with Crippen molar-refractivity contribution in [1.82, 2.24) is 4.90 Å². The summed E-state index contributed by atoms with van der Waals surface area (Å²) in [5.74, 6) is 3.68. The highest BCUT2D eigenvalue weighted by Crippen LogP contribution is 2.55. The second-order valence-corrected chi connectivity index (χ2v) is 6.60. The molecule has 4 rings (SSSR count). The van der Waals surface area contributed by atoms with E-state index in [1.807, 2.05) is 0 Å². The molecule has 0 unspecified atom stereocenters. The maximum atomic E-state index is 9.16. The number of nitrogens with zero attached hydrogens (tertiary/aromatic N) is 2. The number of hydrogen-bond acceptors (Lipinski definition) is 2. The van der Waals surface area contributed by atoms with Crippen LogP contribution in [-0.4, -0.2) is 18.0 Å². The van der Waals surface area contributed by atoms with E-state index in [-0.39, 0.29) is 0 Å². The van der Waals surface area contributed by atoms with E-state index in [0.29, 0.717) is 6.04 Å². The molecular weight excluding hydrogens is 276 g/mol. The Bertz CT molecular complexity index is 354. The van der Waals surface area contributed by atoms with Gasteiger partial charge in [0.25, 0.3) is 0 Å². The predicted octanol–water partition coefficient (Wildman–Crippen LogP) is 3.50. The van der Waals surface area contributed by atoms with Crippen molar-refractivity contribution in [3.63, 3.8) is 0 Å².